The number of hydrogen-bond acceptors (Lipinski definition) is 2. The van der Waals surface area contributed by atoms with Crippen molar-refractivity contribution in [1.29, 1.82) is 0 Å². The van der Waals surface area contributed by atoms with Crippen LogP contribution in [-0.2, 0) is 9.59 Å². The van der Waals surface area contributed by atoms with Gasteiger partial charge in [-0.25, -0.2) is 0 Å². The van der Waals surface area contributed by atoms with Gasteiger partial charge < -0.3 is 10.4 Å². The van der Waals surface area contributed by atoms with Crippen LogP contribution in [0.25, 0.3) is 0 Å². The number of carboxylic acid groups (broad SMARTS) is 1. The third-order valence-electron chi connectivity index (χ3n) is 3.05. The summed E-state index contributed by atoms with van der Waals surface area (Å²) in [6, 6.07) is 7.28. The van der Waals surface area contributed by atoms with Crippen molar-refractivity contribution < 1.29 is 14.7 Å². The van der Waals surface area contributed by atoms with E-state index in [1.165, 1.54) is 0 Å². The number of rotatable bonds is 7. The highest BCUT2D eigenvalue weighted by Gasteiger charge is 2.16. The number of carboxylic acids is 1. The number of aliphatic carboxylic acids is 1. The van der Waals surface area contributed by atoms with Crippen molar-refractivity contribution in [3.63, 3.8) is 0 Å². The molecule has 0 aromatic heterocycles. The summed E-state index contributed by atoms with van der Waals surface area (Å²) < 4.78 is 0. The number of halogens is 1. The Morgan fingerprint density at radius 2 is 2.05 bits per heavy atom. The maximum Gasteiger partial charge on any atom is 0.303 e. The SMILES string of the molecule is CCC(NC(=O)CC(C)CC(=O)O)c1cccc(Cl)c1. The van der Waals surface area contributed by atoms with Gasteiger partial charge in [-0.05, 0) is 30.0 Å². The van der Waals surface area contributed by atoms with Crippen molar-refractivity contribution in [2.75, 3.05) is 0 Å². The molecule has 1 rings (SSSR count). The summed E-state index contributed by atoms with van der Waals surface area (Å²) in [4.78, 5) is 22.5. The van der Waals surface area contributed by atoms with Crippen LogP contribution in [0.1, 0.15) is 44.7 Å². The zero-order chi connectivity index (χ0) is 15.1. The van der Waals surface area contributed by atoms with Crippen LogP contribution < -0.4 is 5.32 Å². The summed E-state index contributed by atoms with van der Waals surface area (Å²) >= 11 is 5.95. The molecule has 1 aromatic rings. The van der Waals surface area contributed by atoms with Gasteiger partial charge in [0.15, 0.2) is 0 Å². The van der Waals surface area contributed by atoms with E-state index in [-0.39, 0.29) is 30.7 Å². The number of carbonyl (C=O) groups excluding carboxylic acids is 1. The van der Waals surface area contributed by atoms with Crippen molar-refractivity contribution >= 4 is 23.5 Å². The van der Waals surface area contributed by atoms with E-state index in [0.717, 1.165) is 12.0 Å². The van der Waals surface area contributed by atoms with Gasteiger partial charge in [-0.1, -0.05) is 37.6 Å². The summed E-state index contributed by atoms with van der Waals surface area (Å²) in [7, 11) is 0. The van der Waals surface area contributed by atoms with E-state index >= 15 is 0 Å². The Labute approximate surface area is 124 Å². The lowest BCUT2D eigenvalue weighted by Crippen LogP contribution is -2.29. The minimum atomic E-state index is -0.882. The molecule has 0 aliphatic heterocycles. The molecular formula is C15H20ClNO3. The first-order valence-electron chi connectivity index (χ1n) is 6.69. The average Bonchev–Trinajstić information content (AvgIpc) is 2.34. The lowest BCUT2D eigenvalue weighted by Gasteiger charge is -2.19. The Bertz CT molecular complexity index is 476. The van der Waals surface area contributed by atoms with E-state index in [2.05, 4.69) is 5.32 Å². The molecular weight excluding hydrogens is 278 g/mol. The van der Waals surface area contributed by atoms with Crippen molar-refractivity contribution in [2.45, 2.75) is 39.2 Å². The Balaban J connectivity index is 2.60. The maximum atomic E-state index is 11.9. The molecule has 2 unspecified atom stereocenters. The quantitative estimate of drug-likeness (QED) is 0.810. The Kier molecular flexibility index (Phi) is 6.52. The Hall–Kier alpha value is -1.55. The highest BCUT2D eigenvalue weighted by Crippen LogP contribution is 2.21. The third-order valence-corrected chi connectivity index (χ3v) is 3.29. The molecule has 4 nitrogen and oxygen atoms in total. The van der Waals surface area contributed by atoms with Crippen LogP contribution in [0.15, 0.2) is 24.3 Å². The van der Waals surface area contributed by atoms with E-state index in [1.54, 1.807) is 13.0 Å². The van der Waals surface area contributed by atoms with Crippen LogP contribution in [0.5, 0.6) is 0 Å². The van der Waals surface area contributed by atoms with E-state index in [4.69, 9.17) is 16.7 Å². The molecule has 2 atom stereocenters. The number of carbonyl (C=O) groups is 2. The maximum absolute atomic E-state index is 11.9. The Morgan fingerprint density at radius 3 is 2.60 bits per heavy atom. The van der Waals surface area contributed by atoms with Gasteiger partial charge in [0.25, 0.3) is 0 Å². The summed E-state index contributed by atoms with van der Waals surface area (Å²) in [5, 5.41) is 12.2. The largest absolute Gasteiger partial charge is 0.481 e. The molecule has 0 saturated heterocycles. The van der Waals surface area contributed by atoms with Gasteiger partial charge in [0, 0.05) is 17.9 Å². The molecule has 5 heteroatoms. The van der Waals surface area contributed by atoms with E-state index in [0.29, 0.717) is 5.02 Å². The van der Waals surface area contributed by atoms with Gasteiger partial charge in [-0.3, -0.25) is 9.59 Å². The van der Waals surface area contributed by atoms with Crippen molar-refractivity contribution in [2.24, 2.45) is 5.92 Å². The Morgan fingerprint density at radius 1 is 1.35 bits per heavy atom. The summed E-state index contributed by atoms with van der Waals surface area (Å²) in [5.74, 6) is -1.19. The normalized spacial score (nSPS) is 13.6. The van der Waals surface area contributed by atoms with Crippen LogP contribution in [0.2, 0.25) is 5.02 Å². The molecule has 0 saturated carbocycles. The first kappa shape index (κ1) is 16.5. The van der Waals surface area contributed by atoms with Crippen molar-refractivity contribution in [3.8, 4) is 0 Å². The highest BCUT2D eigenvalue weighted by atomic mass is 35.5. The zero-order valence-electron chi connectivity index (χ0n) is 11.7. The van der Waals surface area contributed by atoms with Crippen LogP contribution in [0.4, 0.5) is 0 Å². The zero-order valence-corrected chi connectivity index (χ0v) is 12.5. The molecule has 1 amide bonds. The second-order valence-electron chi connectivity index (χ2n) is 4.99. The molecule has 0 aliphatic carbocycles. The van der Waals surface area contributed by atoms with E-state index in [1.807, 2.05) is 25.1 Å². The minimum absolute atomic E-state index is 0.00137. The fourth-order valence-electron chi connectivity index (χ4n) is 2.08. The first-order valence-corrected chi connectivity index (χ1v) is 7.06. The van der Waals surface area contributed by atoms with Gasteiger partial charge in [0.2, 0.25) is 5.91 Å². The topological polar surface area (TPSA) is 66.4 Å². The molecule has 0 radical (unpaired) electrons. The predicted molar refractivity (Wildman–Crippen MR) is 78.7 cm³/mol. The van der Waals surface area contributed by atoms with Gasteiger partial charge in [-0.2, -0.15) is 0 Å². The van der Waals surface area contributed by atoms with E-state index in [9.17, 15) is 9.59 Å². The summed E-state index contributed by atoms with van der Waals surface area (Å²) in [5.41, 5.74) is 0.958. The fraction of sp³-hybridized carbons (Fsp3) is 0.467. The van der Waals surface area contributed by atoms with Gasteiger partial charge in [0.1, 0.15) is 0 Å². The minimum Gasteiger partial charge on any atom is -0.481 e. The van der Waals surface area contributed by atoms with E-state index < -0.39 is 5.97 Å². The lowest BCUT2D eigenvalue weighted by atomic mass is 10.0. The number of amides is 1. The summed E-state index contributed by atoms with van der Waals surface area (Å²) in [6.45, 7) is 3.74. The van der Waals surface area contributed by atoms with Crippen molar-refractivity contribution in [3.05, 3.63) is 34.9 Å². The van der Waals surface area contributed by atoms with Crippen LogP contribution >= 0.6 is 11.6 Å². The van der Waals surface area contributed by atoms with Crippen molar-refractivity contribution in [1.82, 2.24) is 5.32 Å². The van der Waals surface area contributed by atoms with Gasteiger partial charge in [-0.15, -0.1) is 0 Å². The fourth-order valence-corrected chi connectivity index (χ4v) is 2.28. The predicted octanol–water partition coefficient (Wildman–Crippen LogP) is 3.41. The smallest absolute Gasteiger partial charge is 0.303 e. The molecule has 2 N–H and O–H groups in total. The molecule has 0 bridgehead atoms. The van der Waals surface area contributed by atoms with Gasteiger partial charge in [0.05, 0.1) is 6.04 Å². The molecule has 0 aliphatic rings. The molecule has 20 heavy (non-hydrogen) atoms. The number of hydrogen-bond donors (Lipinski definition) is 2. The molecule has 0 fully saturated rings. The van der Waals surface area contributed by atoms with Crippen LogP contribution in [0.3, 0.4) is 0 Å². The lowest BCUT2D eigenvalue weighted by molar-refractivity contribution is -0.138. The molecule has 0 heterocycles. The first-order chi connectivity index (χ1) is 9.42. The third kappa shape index (κ3) is 5.61. The number of nitrogens with one attached hydrogen (secondary N) is 1. The average molecular weight is 298 g/mol. The van der Waals surface area contributed by atoms with Gasteiger partial charge >= 0.3 is 5.97 Å². The molecule has 110 valence electrons. The second kappa shape index (κ2) is 7.90. The molecule has 0 spiro atoms. The number of benzene rings is 1. The highest BCUT2D eigenvalue weighted by molar-refractivity contribution is 6.30. The molecule has 1 aromatic carbocycles. The summed E-state index contributed by atoms with van der Waals surface area (Å²) in [6.07, 6.45) is 0.962. The van der Waals surface area contributed by atoms with Crippen LogP contribution in [0, 0.1) is 5.92 Å². The van der Waals surface area contributed by atoms with Crippen LogP contribution in [-0.4, -0.2) is 17.0 Å². The second-order valence-corrected chi connectivity index (χ2v) is 5.43. The standard InChI is InChI=1S/C15H20ClNO3/c1-3-13(11-5-4-6-12(16)9-11)17-14(18)7-10(2)8-15(19)20/h4-6,9-10,13H,3,7-8H2,1-2H3,(H,17,18)(H,19,20). The monoisotopic (exact) mass is 297 g/mol.